The molecular formula is C82H76B3Br7Cl2F3IK2N11O13P. The van der Waals surface area contributed by atoms with Crippen LogP contribution in [0.3, 0.4) is 0 Å². The van der Waals surface area contributed by atoms with Crippen molar-refractivity contribution in [2.45, 2.75) is 35.1 Å². The Morgan fingerprint density at radius 3 is 1.34 bits per heavy atom. The molecule has 12 aromatic heterocycles. The molecule has 1 aliphatic heterocycles. The van der Waals surface area contributed by atoms with Crippen molar-refractivity contribution in [3.8, 4) is 33.8 Å². The summed E-state index contributed by atoms with van der Waals surface area (Å²) in [6, 6.07) is 46.1. The average molecular weight is 2380 g/mol. The number of nitrogens with one attached hydrogen (secondary N) is 1. The Hall–Kier alpha value is -4.84. The average Bonchev–Trinajstić information content (AvgIpc) is 1.61. The minimum absolute atomic E-state index is 0. The monoisotopic (exact) mass is 2370 g/mol. The fraction of sp³-hybridized carbons (Fsp3) is 0.134. The number of nitrogens with zero attached hydrogens (tertiary/aromatic N) is 10. The van der Waals surface area contributed by atoms with Gasteiger partial charge in [0.1, 0.15) is 52.7 Å². The van der Waals surface area contributed by atoms with Crippen LogP contribution < -0.4 is 134 Å². The summed E-state index contributed by atoms with van der Waals surface area (Å²) >= 11 is 33.7. The van der Waals surface area contributed by atoms with Gasteiger partial charge in [0.05, 0.1) is 81.8 Å². The molecule has 0 bridgehead atoms. The molecule has 1 fully saturated rings. The van der Waals surface area contributed by atoms with Gasteiger partial charge < -0.3 is 59.7 Å². The molecule has 125 heavy (non-hydrogen) atoms. The Labute approximate surface area is 890 Å². The molecule has 0 atom stereocenters. The number of furan rings is 2. The standard InChI is InChI=1S/C15H10BrFN2O.C14H9BN2O3.C14H8BrFN2O.C14H7BrN2O.C10H10BNO3.C5H2BrFIN.C4H8O.CH2Cl2.CH4NP.CH2O3.3CH4.BBr3.2K.H2.H/c1-20-15-9-4-2-3-5-13(9)18-7-11(15)10-6-14(16)19-8-12(10)17;18-15(19)13-5-9-10-6-16-11-4-2-1-3-8(11)14(10)20-12(9)7-17-13;15-13-5-9(11(16)7-18-13)10-6-17-12-4-2-1-3-8(12)14(10)19;15-13-5-9-10-6-16-11-4-2-1-3-8(11)14(10)18-12(9)7-17-13;1-15-10-7-4-2-3-5-9(7)12-6-8(10)11(13)14;6-5-1-4(8)3(7)2-9-5;1-2-4-5-3-1;2-1-3;1-2-3;2-1-4-3;;;;2-1(3)4;;;;/h2-8H,1H3;1-7,18-19H;1-7H,(H,17,19);1-7H;2-6,13-14H,1H3;1-2H;1-4H2;1H2;3H,1H3;1,3H;3*1H4;;;;1H;/q;;;;;;;;;;;;;;2*+1;;-1/p-1. The summed E-state index contributed by atoms with van der Waals surface area (Å²) in [5.74, 6) is -0.158. The van der Waals surface area contributed by atoms with Crippen molar-refractivity contribution in [3.05, 3.63) is 263 Å². The van der Waals surface area contributed by atoms with Crippen LogP contribution in [0.4, 0.5) is 13.2 Å². The molecule has 0 unspecified atom stereocenters. The van der Waals surface area contributed by atoms with Crippen molar-refractivity contribution in [3.63, 3.8) is 0 Å². The quantitative estimate of drug-likeness (QED) is 0.0145. The van der Waals surface area contributed by atoms with Gasteiger partial charge in [0, 0.05) is 134 Å². The third kappa shape index (κ3) is 33.1. The van der Waals surface area contributed by atoms with Gasteiger partial charge in [-0.1, -0.05) is 82.9 Å². The summed E-state index contributed by atoms with van der Waals surface area (Å²) in [5, 5.41) is 53.1. The van der Waals surface area contributed by atoms with Gasteiger partial charge in [0.2, 0.25) is 0 Å². The first-order chi connectivity index (χ1) is 57.8. The molecule has 13 heterocycles. The van der Waals surface area contributed by atoms with E-state index in [1.165, 1.54) is 57.0 Å². The molecule has 1 saturated heterocycles. The van der Waals surface area contributed by atoms with E-state index in [2.05, 4.69) is 179 Å². The van der Waals surface area contributed by atoms with E-state index in [1.807, 2.05) is 138 Å². The fourth-order valence-corrected chi connectivity index (χ4v) is 13.4. The molecular weight excluding hydrogens is 2300 g/mol. The Morgan fingerprint density at radius 1 is 0.536 bits per heavy atom. The number of carbonyl (C=O) groups excluding carboxylic acids is 1. The molecule has 0 saturated carbocycles. The van der Waals surface area contributed by atoms with Crippen LogP contribution >= 0.6 is 166 Å². The van der Waals surface area contributed by atoms with Crippen LogP contribution in [0.5, 0.6) is 11.5 Å². The van der Waals surface area contributed by atoms with E-state index in [0.717, 1.165) is 111 Å². The largest absolute Gasteiger partial charge is 1.00 e. The summed E-state index contributed by atoms with van der Waals surface area (Å²) in [5.41, 5.74) is 8.87. The summed E-state index contributed by atoms with van der Waals surface area (Å²) in [4.78, 5) is 63.4. The molecule has 0 radical (unpaired) electrons. The van der Waals surface area contributed by atoms with Crippen LogP contribution in [0.15, 0.2) is 250 Å². The van der Waals surface area contributed by atoms with Gasteiger partial charge in [0.15, 0.2) is 22.4 Å². The predicted octanol–water partition coefficient (Wildman–Crippen LogP) is 15.7. The van der Waals surface area contributed by atoms with Gasteiger partial charge in [-0.15, -0.1) is 70.5 Å². The molecule has 1 aliphatic rings. The van der Waals surface area contributed by atoms with Crippen molar-refractivity contribution < 1.29 is 177 Å². The summed E-state index contributed by atoms with van der Waals surface area (Å²) in [6.07, 6.45) is 17.4. The maximum atomic E-state index is 14.0. The number of methoxy groups -OCH3 is 2. The normalized spacial score (nSPS) is 10.4. The Bertz CT molecular complexity index is 6410. The van der Waals surface area contributed by atoms with E-state index in [0.29, 0.717) is 56.5 Å². The fourth-order valence-electron chi connectivity index (χ4n) is 11.2. The zero-order valence-electron chi connectivity index (χ0n) is 65.4. The minimum atomic E-state index is -1.60. The molecule has 43 heteroatoms. The maximum absolute atomic E-state index is 14.0. The zero-order valence-corrected chi connectivity index (χ0v) is 86.4. The molecule has 0 spiro atoms. The number of para-hydroxylation sites is 5. The Kier molecular flexibility index (Phi) is 54.5. The number of hydrogen-bond acceptors (Lipinski definition) is 23. The van der Waals surface area contributed by atoms with Gasteiger partial charge in [-0.05, 0) is 199 Å². The first-order valence-corrected chi connectivity index (χ1v) is 43.0. The second-order valence-electron chi connectivity index (χ2n) is 23.6. The number of benzene rings is 5. The van der Waals surface area contributed by atoms with E-state index in [1.54, 1.807) is 69.1 Å². The summed E-state index contributed by atoms with van der Waals surface area (Å²) in [7, 11) is 4.36. The number of pyridine rings is 10. The van der Waals surface area contributed by atoms with Gasteiger partial charge in [-0.2, -0.15) is 0 Å². The van der Waals surface area contributed by atoms with Crippen molar-refractivity contribution in [1.82, 2.24) is 49.8 Å². The number of hydrogen-bond donors (Lipinski definition) is 5. The zero-order chi connectivity index (χ0) is 87.0. The number of fused-ring (bicyclic) bond motifs is 13. The third-order valence-corrected chi connectivity index (χ3v) is 18.8. The number of H-pyrrole nitrogens is 1. The van der Waals surface area contributed by atoms with Gasteiger partial charge in [-0.3, -0.25) is 39.3 Å². The van der Waals surface area contributed by atoms with E-state index in [9.17, 15) is 28.0 Å². The predicted molar refractivity (Wildman–Crippen MR) is 525 cm³/mol. The number of rotatable bonds is 7. The van der Waals surface area contributed by atoms with Crippen molar-refractivity contribution in [2.24, 2.45) is 4.74 Å². The van der Waals surface area contributed by atoms with Crippen LogP contribution in [-0.2, 0) is 14.4 Å². The van der Waals surface area contributed by atoms with Gasteiger partial charge >= 0.3 is 120 Å². The molecule has 5 N–H and O–H groups in total. The number of aromatic amines is 1. The third-order valence-electron chi connectivity index (χ3n) is 16.3. The molecule has 18 rings (SSSR count). The van der Waals surface area contributed by atoms with Crippen molar-refractivity contribution >= 4 is 299 Å². The minimum Gasteiger partial charge on any atom is -1.00 e. The molecule has 17 aromatic rings. The van der Waals surface area contributed by atoms with Crippen LogP contribution in [0.2, 0.25) is 0 Å². The number of halogens is 13. The van der Waals surface area contributed by atoms with E-state index in [4.69, 9.17) is 66.3 Å². The Balaban J connectivity index is 0.000000729. The first kappa shape index (κ1) is 114. The summed E-state index contributed by atoms with van der Waals surface area (Å²) in [6.45, 7) is 1.82. The number of aromatic nitrogens is 10. The smallest absolute Gasteiger partial charge is 1.00 e. The van der Waals surface area contributed by atoms with Gasteiger partial charge in [0.25, 0.3) is 6.47 Å². The van der Waals surface area contributed by atoms with E-state index >= 15 is 0 Å². The number of ether oxygens (including phenoxy) is 3. The molecule has 0 amide bonds. The van der Waals surface area contributed by atoms with Crippen LogP contribution in [0.25, 0.3) is 121 Å². The van der Waals surface area contributed by atoms with Crippen molar-refractivity contribution in [1.29, 1.82) is 0 Å². The second kappa shape index (κ2) is 59.5. The van der Waals surface area contributed by atoms with Crippen molar-refractivity contribution in [2.75, 3.05) is 39.8 Å². The number of carbonyl (C=O) groups is 1. The Morgan fingerprint density at radius 2 is 0.912 bits per heavy atom. The van der Waals surface area contributed by atoms with Gasteiger partial charge in [-0.25, -0.2) is 33.1 Å². The maximum Gasteiger partial charge on any atom is 1.00 e. The molecule has 644 valence electrons. The summed E-state index contributed by atoms with van der Waals surface area (Å²) < 4.78 is 74.2. The van der Waals surface area contributed by atoms with E-state index < -0.39 is 25.9 Å². The first-order valence-electron chi connectivity index (χ1n) is 34.5. The molecule has 5 aromatic carbocycles. The second-order valence-corrected chi connectivity index (χ2v) is 35.7. The van der Waals surface area contributed by atoms with Crippen LogP contribution in [0, 0.1) is 21.0 Å². The molecule has 24 nitrogen and oxygen atoms in total. The SMILES string of the molecule is BrB(Br)Br.Brc1cc2c(cn1)oc1c3ccccc3ncc21.C.C.C.C1CCOC1.CN=P.COc1c(-c2cc(Br)ncc2F)cnc2ccccc12.COc1c(B(O)O)cnc2ccccc12.ClCCl.Fc1cnc(Br)cc1I.O=CO[O-].O=c1c(-c2cc(Br)ncc2F)c[nH]c2ccccc12.OB(O)c1cc2c(cn1)oc1c3ccccc3ncc21.[H-].[HH].[K+].[K+]. The topological polar surface area (TPSA) is 345 Å². The van der Waals surface area contributed by atoms with Crippen LogP contribution in [-0.4, -0.2) is 134 Å². The number of alkyl halides is 2. The van der Waals surface area contributed by atoms with E-state index in [-0.39, 0.29) is 171 Å². The van der Waals surface area contributed by atoms with Crippen LogP contribution in [0.1, 0.15) is 38.0 Å². The molecule has 0 aliphatic carbocycles.